The van der Waals surface area contributed by atoms with Crippen molar-refractivity contribution in [2.45, 2.75) is 32.4 Å². The lowest BCUT2D eigenvalue weighted by molar-refractivity contribution is 0.181. The SMILES string of the molecule is CCNC(=NCC(O)c1ccc(Cl)s1)N1CCC(C)C(n2ccnc2)C1. The zero-order chi connectivity index (χ0) is 18.5. The number of piperidine rings is 1. The highest BCUT2D eigenvalue weighted by Gasteiger charge is 2.29. The monoisotopic (exact) mass is 395 g/mol. The smallest absolute Gasteiger partial charge is 0.194 e. The average molecular weight is 396 g/mol. The van der Waals surface area contributed by atoms with Crippen LogP contribution in [0.4, 0.5) is 0 Å². The van der Waals surface area contributed by atoms with Crippen molar-refractivity contribution < 1.29 is 5.11 Å². The van der Waals surface area contributed by atoms with Gasteiger partial charge in [0.25, 0.3) is 0 Å². The number of likely N-dealkylation sites (tertiary alicyclic amines) is 1. The number of aliphatic hydroxyl groups is 1. The molecule has 1 aliphatic rings. The first-order chi connectivity index (χ1) is 12.6. The number of aliphatic imine (C=N–C) groups is 1. The standard InChI is InChI=1S/C18H26ClN5OS/c1-3-21-18(22-10-15(25)16-4-5-17(19)26-16)23-8-6-13(2)14(11-23)24-9-7-20-12-24/h4-5,7,9,12-15,25H,3,6,8,10-11H2,1-2H3,(H,21,22). The van der Waals surface area contributed by atoms with Crippen LogP contribution in [-0.4, -0.2) is 51.7 Å². The third-order valence-corrected chi connectivity index (χ3v) is 6.13. The van der Waals surface area contributed by atoms with Gasteiger partial charge in [-0.1, -0.05) is 18.5 Å². The fourth-order valence-electron chi connectivity index (χ4n) is 3.29. The summed E-state index contributed by atoms with van der Waals surface area (Å²) in [5.41, 5.74) is 0. The van der Waals surface area contributed by atoms with E-state index in [1.165, 1.54) is 11.3 Å². The lowest BCUT2D eigenvalue weighted by Gasteiger charge is -2.39. The number of nitrogens with one attached hydrogen (secondary N) is 1. The molecule has 1 aliphatic heterocycles. The van der Waals surface area contributed by atoms with E-state index in [0.717, 1.165) is 36.9 Å². The van der Waals surface area contributed by atoms with Crippen LogP contribution in [-0.2, 0) is 0 Å². The summed E-state index contributed by atoms with van der Waals surface area (Å²) in [5.74, 6) is 1.44. The quantitative estimate of drug-likeness (QED) is 0.602. The third-order valence-electron chi connectivity index (χ3n) is 4.80. The maximum Gasteiger partial charge on any atom is 0.194 e. The molecule has 2 aromatic rings. The largest absolute Gasteiger partial charge is 0.386 e. The Hall–Kier alpha value is -1.57. The van der Waals surface area contributed by atoms with Crippen LogP contribution < -0.4 is 5.32 Å². The Kier molecular flexibility index (Phi) is 6.56. The van der Waals surface area contributed by atoms with E-state index in [1.807, 2.05) is 24.8 Å². The first kappa shape index (κ1) is 19.2. The molecule has 3 unspecified atom stereocenters. The summed E-state index contributed by atoms with van der Waals surface area (Å²) in [4.78, 5) is 12.0. The fourth-order valence-corrected chi connectivity index (χ4v) is 4.33. The molecule has 1 saturated heterocycles. The molecule has 2 N–H and O–H groups in total. The minimum atomic E-state index is -0.630. The van der Waals surface area contributed by atoms with Gasteiger partial charge in [0.1, 0.15) is 6.10 Å². The first-order valence-electron chi connectivity index (χ1n) is 9.02. The summed E-state index contributed by atoms with van der Waals surface area (Å²) in [6.45, 7) is 7.30. The molecule has 0 bridgehead atoms. The number of hydrogen-bond donors (Lipinski definition) is 2. The molecule has 0 saturated carbocycles. The Morgan fingerprint density at radius 2 is 2.38 bits per heavy atom. The molecule has 8 heteroatoms. The molecule has 3 atom stereocenters. The fraction of sp³-hybridized carbons (Fsp3) is 0.556. The normalized spacial score (nSPS) is 22.5. The summed E-state index contributed by atoms with van der Waals surface area (Å²) in [7, 11) is 0. The van der Waals surface area contributed by atoms with Crippen molar-refractivity contribution in [3.05, 3.63) is 40.1 Å². The van der Waals surface area contributed by atoms with E-state index < -0.39 is 6.10 Å². The van der Waals surface area contributed by atoms with Crippen LogP contribution in [0.2, 0.25) is 4.34 Å². The molecule has 3 rings (SSSR count). The topological polar surface area (TPSA) is 65.7 Å². The lowest BCUT2D eigenvalue weighted by Crippen LogP contribution is -2.49. The molecule has 0 aromatic carbocycles. The maximum absolute atomic E-state index is 10.4. The van der Waals surface area contributed by atoms with E-state index in [0.29, 0.717) is 22.8 Å². The van der Waals surface area contributed by atoms with Crippen LogP contribution >= 0.6 is 22.9 Å². The first-order valence-corrected chi connectivity index (χ1v) is 10.2. The van der Waals surface area contributed by atoms with Gasteiger partial charge in [0.2, 0.25) is 0 Å². The summed E-state index contributed by atoms with van der Waals surface area (Å²) in [6, 6.07) is 4.04. The molecule has 142 valence electrons. The summed E-state index contributed by atoms with van der Waals surface area (Å²) < 4.78 is 2.87. The minimum Gasteiger partial charge on any atom is -0.386 e. The van der Waals surface area contributed by atoms with Crippen LogP contribution in [0.5, 0.6) is 0 Å². The van der Waals surface area contributed by atoms with Gasteiger partial charge in [0, 0.05) is 36.9 Å². The van der Waals surface area contributed by atoms with Gasteiger partial charge >= 0.3 is 0 Å². The van der Waals surface area contributed by atoms with Gasteiger partial charge < -0.3 is 19.9 Å². The van der Waals surface area contributed by atoms with E-state index in [9.17, 15) is 5.11 Å². The van der Waals surface area contributed by atoms with Crippen LogP contribution in [0.3, 0.4) is 0 Å². The molecule has 0 radical (unpaired) electrons. The number of nitrogens with zero attached hydrogens (tertiary/aromatic N) is 4. The van der Waals surface area contributed by atoms with Crippen molar-refractivity contribution in [2.24, 2.45) is 10.9 Å². The molecule has 6 nitrogen and oxygen atoms in total. The van der Waals surface area contributed by atoms with Crippen molar-refractivity contribution >= 4 is 28.9 Å². The van der Waals surface area contributed by atoms with Crippen LogP contribution in [0, 0.1) is 5.92 Å². The lowest BCUT2D eigenvalue weighted by atomic mass is 9.93. The molecule has 0 spiro atoms. The van der Waals surface area contributed by atoms with Crippen molar-refractivity contribution in [3.63, 3.8) is 0 Å². The Balaban J connectivity index is 1.70. The molecule has 3 heterocycles. The Labute approximate surface area is 163 Å². The number of aliphatic hydroxyl groups excluding tert-OH is 1. The van der Waals surface area contributed by atoms with Gasteiger partial charge in [-0.2, -0.15) is 0 Å². The summed E-state index contributed by atoms with van der Waals surface area (Å²) >= 11 is 7.36. The van der Waals surface area contributed by atoms with Gasteiger partial charge in [-0.25, -0.2) is 4.98 Å². The second-order valence-corrected chi connectivity index (χ2v) is 8.39. The Morgan fingerprint density at radius 3 is 3.04 bits per heavy atom. The third kappa shape index (κ3) is 4.58. The summed E-state index contributed by atoms with van der Waals surface area (Å²) in [6.07, 6.45) is 6.20. The van der Waals surface area contributed by atoms with E-state index in [2.05, 4.69) is 38.6 Å². The molecule has 2 aromatic heterocycles. The average Bonchev–Trinajstić information content (AvgIpc) is 3.30. The van der Waals surface area contributed by atoms with Gasteiger partial charge in [-0.15, -0.1) is 11.3 Å². The number of halogens is 1. The van der Waals surface area contributed by atoms with Crippen molar-refractivity contribution in [3.8, 4) is 0 Å². The predicted molar refractivity (Wildman–Crippen MR) is 107 cm³/mol. The number of hydrogen-bond acceptors (Lipinski definition) is 4. The number of imidazole rings is 1. The van der Waals surface area contributed by atoms with E-state index in [4.69, 9.17) is 11.6 Å². The van der Waals surface area contributed by atoms with Crippen molar-refractivity contribution in [1.82, 2.24) is 19.8 Å². The minimum absolute atomic E-state index is 0.320. The van der Waals surface area contributed by atoms with Gasteiger partial charge in [-0.3, -0.25) is 4.99 Å². The molecular weight excluding hydrogens is 370 g/mol. The van der Waals surface area contributed by atoms with Gasteiger partial charge in [0.05, 0.1) is 23.3 Å². The van der Waals surface area contributed by atoms with E-state index in [1.54, 1.807) is 6.07 Å². The Bertz CT molecular complexity index is 717. The highest BCUT2D eigenvalue weighted by molar-refractivity contribution is 7.16. The van der Waals surface area contributed by atoms with Crippen molar-refractivity contribution in [1.29, 1.82) is 0 Å². The molecule has 1 fully saturated rings. The number of guanidine groups is 1. The van der Waals surface area contributed by atoms with Crippen molar-refractivity contribution in [2.75, 3.05) is 26.2 Å². The number of thiophene rings is 1. The molecular formula is C18H26ClN5OS. The van der Waals surface area contributed by atoms with Crippen LogP contribution in [0.15, 0.2) is 35.8 Å². The van der Waals surface area contributed by atoms with Gasteiger partial charge in [-0.05, 0) is 31.4 Å². The molecule has 0 aliphatic carbocycles. The van der Waals surface area contributed by atoms with Crippen LogP contribution in [0.25, 0.3) is 0 Å². The Morgan fingerprint density at radius 1 is 1.54 bits per heavy atom. The second kappa shape index (κ2) is 8.88. The highest BCUT2D eigenvalue weighted by atomic mass is 35.5. The summed E-state index contributed by atoms with van der Waals surface area (Å²) in [5, 5.41) is 13.7. The molecule has 0 amide bonds. The number of rotatable bonds is 5. The molecule has 26 heavy (non-hydrogen) atoms. The number of aromatic nitrogens is 2. The zero-order valence-electron chi connectivity index (χ0n) is 15.2. The maximum atomic E-state index is 10.4. The predicted octanol–water partition coefficient (Wildman–Crippen LogP) is 3.18. The second-order valence-electron chi connectivity index (χ2n) is 6.64. The van der Waals surface area contributed by atoms with E-state index in [-0.39, 0.29) is 0 Å². The highest BCUT2D eigenvalue weighted by Crippen LogP contribution is 2.28. The van der Waals surface area contributed by atoms with Crippen LogP contribution in [0.1, 0.15) is 37.3 Å². The van der Waals surface area contributed by atoms with Gasteiger partial charge in [0.15, 0.2) is 5.96 Å². The van der Waals surface area contributed by atoms with E-state index >= 15 is 0 Å². The zero-order valence-corrected chi connectivity index (χ0v) is 16.7.